The Kier molecular flexibility index (Phi) is 10.6. The van der Waals surface area contributed by atoms with Crippen LogP contribution >= 0.6 is 12.6 Å². The molecule has 0 radical (unpaired) electrons. The smallest absolute Gasteiger partial charge is 0.326 e. The summed E-state index contributed by atoms with van der Waals surface area (Å²) in [6.07, 6.45) is 1.49. The fourth-order valence-electron chi connectivity index (χ4n) is 2.99. The normalized spacial score (nSPS) is 19.8. The van der Waals surface area contributed by atoms with E-state index in [1.165, 1.54) is 0 Å². The van der Waals surface area contributed by atoms with E-state index in [1.54, 1.807) is 13.8 Å². The lowest BCUT2D eigenvalue weighted by Crippen LogP contribution is -2.58. The average Bonchev–Trinajstić information content (AvgIpc) is 3.23. The molecule has 0 aromatic heterocycles. The van der Waals surface area contributed by atoms with Crippen LogP contribution in [-0.2, 0) is 24.0 Å². The van der Waals surface area contributed by atoms with Crippen molar-refractivity contribution in [2.75, 3.05) is 12.3 Å². The summed E-state index contributed by atoms with van der Waals surface area (Å²) >= 11 is 4.05. The second-order valence-electron chi connectivity index (χ2n) is 7.33. The molecule has 11 nitrogen and oxygen atoms in total. The van der Waals surface area contributed by atoms with Crippen molar-refractivity contribution >= 4 is 42.2 Å². The second-order valence-corrected chi connectivity index (χ2v) is 7.70. The Morgan fingerprint density at radius 3 is 2.23 bits per heavy atom. The van der Waals surface area contributed by atoms with Crippen LogP contribution in [0.3, 0.4) is 0 Å². The molecule has 1 rings (SSSR count). The number of amides is 4. The summed E-state index contributed by atoms with van der Waals surface area (Å²) in [5.74, 6) is -4.40. The molecule has 1 saturated heterocycles. The molecule has 1 aliphatic heterocycles. The Hall–Kier alpha value is -2.34. The Balaban J connectivity index is 2.82. The fraction of sp³-hybridized carbons (Fsp3) is 0.722. The molecule has 1 heterocycles. The number of nitrogens with one attached hydrogen (secondary N) is 4. The van der Waals surface area contributed by atoms with Crippen LogP contribution in [0.15, 0.2) is 0 Å². The van der Waals surface area contributed by atoms with Crippen molar-refractivity contribution in [1.29, 1.82) is 0 Å². The third-order valence-corrected chi connectivity index (χ3v) is 5.37. The molecule has 0 spiro atoms. The summed E-state index contributed by atoms with van der Waals surface area (Å²) in [4.78, 5) is 60.2. The molecule has 1 aliphatic rings. The highest BCUT2D eigenvalue weighted by Crippen LogP contribution is 2.09. The SMILES string of the molecule is CCC(C)C(NC(=O)C(CS)NC(=O)C(CC(N)=O)NC(=O)C1CCCN1)C(=O)O. The maximum atomic E-state index is 12.6. The minimum absolute atomic E-state index is 0.119. The van der Waals surface area contributed by atoms with Gasteiger partial charge >= 0.3 is 5.97 Å². The summed E-state index contributed by atoms with van der Waals surface area (Å²) in [5, 5.41) is 19.6. The molecule has 4 amide bonds. The zero-order valence-electron chi connectivity index (χ0n) is 17.1. The number of nitrogens with two attached hydrogens (primary N) is 1. The van der Waals surface area contributed by atoms with Gasteiger partial charge in [-0.05, 0) is 25.3 Å². The molecule has 0 saturated carbocycles. The van der Waals surface area contributed by atoms with E-state index in [9.17, 15) is 29.1 Å². The van der Waals surface area contributed by atoms with Crippen LogP contribution in [0.4, 0.5) is 0 Å². The van der Waals surface area contributed by atoms with E-state index in [4.69, 9.17) is 5.73 Å². The first-order valence-corrected chi connectivity index (χ1v) is 10.5. The highest BCUT2D eigenvalue weighted by Gasteiger charge is 2.32. The largest absolute Gasteiger partial charge is 0.480 e. The molecule has 170 valence electrons. The summed E-state index contributed by atoms with van der Waals surface area (Å²) in [7, 11) is 0. The van der Waals surface area contributed by atoms with Crippen LogP contribution in [0.25, 0.3) is 0 Å². The summed E-state index contributed by atoms with van der Waals surface area (Å²) in [6, 6.07) is -4.03. The van der Waals surface area contributed by atoms with Gasteiger partial charge in [0.2, 0.25) is 23.6 Å². The van der Waals surface area contributed by atoms with Gasteiger partial charge in [-0.15, -0.1) is 0 Å². The zero-order chi connectivity index (χ0) is 22.8. The van der Waals surface area contributed by atoms with E-state index >= 15 is 0 Å². The van der Waals surface area contributed by atoms with E-state index in [1.807, 2.05) is 0 Å². The van der Waals surface area contributed by atoms with E-state index < -0.39 is 60.2 Å². The van der Waals surface area contributed by atoms with Crippen molar-refractivity contribution in [2.24, 2.45) is 11.7 Å². The Morgan fingerprint density at radius 1 is 1.13 bits per heavy atom. The lowest BCUT2D eigenvalue weighted by molar-refractivity contribution is -0.143. The number of carbonyl (C=O) groups excluding carboxylic acids is 4. The second kappa shape index (κ2) is 12.4. The van der Waals surface area contributed by atoms with Gasteiger partial charge in [0.25, 0.3) is 0 Å². The highest BCUT2D eigenvalue weighted by atomic mass is 32.1. The topological polar surface area (TPSA) is 180 Å². The number of thiol groups is 1. The van der Waals surface area contributed by atoms with Crippen molar-refractivity contribution in [3.8, 4) is 0 Å². The van der Waals surface area contributed by atoms with Gasteiger partial charge in [0, 0.05) is 5.75 Å². The summed E-state index contributed by atoms with van der Waals surface area (Å²) < 4.78 is 0. The maximum Gasteiger partial charge on any atom is 0.326 e. The zero-order valence-corrected chi connectivity index (χ0v) is 18.0. The molecule has 12 heteroatoms. The fourth-order valence-corrected chi connectivity index (χ4v) is 3.25. The summed E-state index contributed by atoms with van der Waals surface area (Å²) in [5.41, 5.74) is 5.19. The monoisotopic (exact) mass is 445 g/mol. The first-order chi connectivity index (χ1) is 14.1. The molecule has 0 aromatic rings. The van der Waals surface area contributed by atoms with Crippen LogP contribution in [0.1, 0.15) is 39.5 Å². The number of carboxylic acid groups (broad SMARTS) is 1. The lowest BCUT2D eigenvalue weighted by atomic mass is 9.99. The van der Waals surface area contributed by atoms with Gasteiger partial charge < -0.3 is 32.1 Å². The van der Waals surface area contributed by atoms with Crippen LogP contribution in [0.5, 0.6) is 0 Å². The van der Waals surface area contributed by atoms with Crippen molar-refractivity contribution in [1.82, 2.24) is 21.3 Å². The van der Waals surface area contributed by atoms with Crippen LogP contribution in [0.2, 0.25) is 0 Å². The van der Waals surface area contributed by atoms with Crippen molar-refractivity contribution in [3.05, 3.63) is 0 Å². The maximum absolute atomic E-state index is 12.6. The molecule has 5 unspecified atom stereocenters. The molecule has 5 atom stereocenters. The van der Waals surface area contributed by atoms with Crippen LogP contribution in [-0.4, -0.2) is 71.2 Å². The number of carbonyl (C=O) groups is 5. The minimum atomic E-state index is -1.27. The number of carboxylic acids is 1. The third kappa shape index (κ3) is 7.82. The Bertz CT molecular complexity index is 655. The lowest BCUT2D eigenvalue weighted by Gasteiger charge is -2.25. The Morgan fingerprint density at radius 2 is 1.77 bits per heavy atom. The van der Waals surface area contributed by atoms with Gasteiger partial charge in [0.05, 0.1) is 12.5 Å². The van der Waals surface area contributed by atoms with Gasteiger partial charge in [-0.2, -0.15) is 12.6 Å². The molecular formula is C18H31N5O6S. The van der Waals surface area contributed by atoms with E-state index in [0.29, 0.717) is 19.4 Å². The molecular weight excluding hydrogens is 414 g/mol. The number of primary amides is 1. The minimum Gasteiger partial charge on any atom is -0.480 e. The average molecular weight is 446 g/mol. The van der Waals surface area contributed by atoms with E-state index in [2.05, 4.69) is 33.9 Å². The molecule has 30 heavy (non-hydrogen) atoms. The van der Waals surface area contributed by atoms with Gasteiger partial charge in [-0.3, -0.25) is 19.2 Å². The number of rotatable bonds is 12. The molecule has 0 aromatic carbocycles. The Labute approximate surface area is 180 Å². The quantitative estimate of drug-likeness (QED) is 0.172. The van der Waals surface area contributed by atoms with Crippen molar-refractivity contribution in [3.63, 3.8) is 0 Å². The summed E-state index contributed by atoms with van der Waals surface area (Å²) in [6.45, 7) is 4.15. The predicted molar refractivity (Wildman–Crippen MR) is 112 cm³/mol. The van der Waals surface area contributed by atoms with E-state index in [-0.39, 0.29) is 11.7 Å². The van der Waals surface area contributed by atoms with Gasteiger partial charge in [0.1, 0.15) is 18.1 Å². The van der Waals surface area contributed by atoms with E-state index in [0.717, 1.165) is 6.42 Å². The van der Waals surface area contributed by atoms with Crippen molar-refractivity contribution in [2.45, 2.75) is 63.7 Å². The number of aliphatic carboxylic acids is 1. The highest BCUT2D eigenvalue weighted by molar-refractivity contribution is 7.80. The van der Waals surface area contributed by atoms with Gasteiger partial charge in [-0.25, -0.2) is 4.79 Å². The first kappa shape index (κ1) is 25.7. The third-order valence-electron chi connectivity index (χ3n) is 5.01. The first-order valence-electron chi connectivity index (χ1n) is 9.87. The number of hydrogen-bond donors (Lipinski definition) is 7. The molecule has 0 aliphatic carbocycles. The molecule has 7 N–H and O–H groups in total. The molecule has 1 fully saturated rings. The van der Waals surface area contributed by atoms with Gasteiger partial charge in [0.15, 0.2) is 0 Å². The predicted octanol–water partition coefficient (Wildman–Crippen LogP) is -1.87. The number of hydrogen-bond acceptors (Lipinski definition) is 7. The van der Waals surface area contributed by atoms with Crippen LogP contribution < -0.4 is 27.0 Å². The standard InChI is InChI=1S/C18H31N5O6S/c1-3-9(2)14(18(28)29)23-17(27)12(8-30)22-16(26)11(7-13(19)24)21-15(25)10-5-4-6-20-10/h9-12,14,20,30H,3-8H2,1-2H3,(H2,19,24)(H,21,25)(H,22,26)(H,23,27)(H,28,29). The van der Waals surface area contributed by atoms with Crippen LogP contribution in [0, 0.1) is 5.92 Å². The molecule has 0 bridgehead atoms. The van der Waals surface area contributed by atoms with Gasteiger partial charge in [-0.1, -0.05) is 20.3 Å². The van der Waals surface area contributed by atoms with Crippen molar-refractivity contribution < 1.29 is 29.1 Å².